The summed E-state index contributed by atoms with van der Waals surface area (Å²) in [5.74, 6) is -0.171. The molecular formula is C21H30FN3O2S. The molecule has 0 unspecified atom stereocenters. The number of rotatable bonds is 8. The summed E-state index contributed by atoms with van der Waals surface area (Å²) in [5, 5.41) is 0.189. The van der Waals surface area contributed by atoms with Gasteiger partial charge < -0.3 is 4.57 Å². The van der Waals surface area contributed by atoms with Gasteiger partial charge in [0.15, 0.2) is 0 Å². The molecule has 0 N–H and O–H groups in total. The van der Waals surface area contributed by atoms with Gasteiger partial charge in [-0.05, 0) is 43.5 Å². The topological polar surface area (TPSA) is 55.2 Å². The Kier molecular flexibility index (Phi) is 6.88. The summed E-state index contributed by atoms with van der Waals surface area (Å²) in [4.78, 5) is 6.66. The van der Waals surface area contributed by atoms with Crippen molar-refractivity contribution in [3.8, 4) is 0 Å². The van der Waals surface area contributed by atoms with Crippen LogP contribution in [0.3, 0.4) is 0 Å². The molecule has 5 nitrogen and oxygen atoms in total. The van der Waals surface area contributed by atoms with E-state index in [0.29, 0.717) is 13.1 Å². The summed E-state index contributed by atoms with van der Waals surface area (Å²) >= 11 is 0. The van der Waals surface area contributed by atoms with E-state index in [1.54, 1.807) is 13.1 Å². The number of hydrogen-bond acceptors (Lipinski definition) is 4. The third kappa shape index (κ3) is 4.63. The van der Waals surface area contributed by atoms with Crippen molar-refractivity contribution in [3.63, 3.8) is 0 Å². The third-order valence-corrected chi connectivity index (χ3v) is 7.17. The summed E-state index contributed by atoms with van der Waals surface area (Å²) in [5.41, 5.74) is 2.05. The van der Waals surface area contributed by atoms with Crippen LogP contribution in [0, 0.1) is 5.82 Å². The van der Waals surface area contributed by atoms with E-state index < -0.39 is 9.84 Å². The molecule has 2 heterocycles. The van der Waals surface area contributed by atoms with Gasteiger partial charge in [-0.2, -0.15) is 0 Å². The van der Waals surface area contributed by atoms with E-state index in [9.17, 15) is 12.8 Å². The first-order valence-corrected chi connectivity index (χ1v) is 11.9. The fourth-order valence-corrected chi connectivity index (χ4v) is 4.92. The van der Waals surface area contributed by atoms with E-state index in [2.05, 4.69) is 16.8 Å². The van der Waals surface area contributed by atoms with Crippen molar-refractivity contribution in [1.29, 1.82) is 0 Å². The van der Waals surface area contributed by atoms with Crippen LogP contribution in [0.2, 0.25) is 0 Å². The Balaban J connectivity index is 1.89. The first kappa shape index (κ1) is 21.0. The van der Waals surface area contributed by atoms with Gasteiger partial charge in [-0.25, -0.2) is 17.8 Å². The van der Waals surface area contributed by atoms with E-state index in [-0.39, 0.29) is 22.8 Å². The van der Waals surface area contributed by atoms with E-state index in [1.165, 1.54) is 12.1 Å². The minimum absolute atomic E-state index is 0.0531. The molecule has 1 fully saturated rings. The highest BCUT2D eigenvalue weighted by Gasteiger charge is 2.27. The van der Waals surface area contributed by atoms with E-state index >= 15 is 0 Å². The Morgan fingerprint density at radius 3 is 2.61 bits per heavy atom. The normalized spacial score (nSPS) is 18.5. The Bertz CT molecular complexity index is 878. The van der Waals surface area contributed by atoms with Gasteiger partial charge in [0.2, 0.25) is 15.0 Å². The lowest BCUT2D eigenvalue weighted by Crippen LogP contribution is -2.33. The van der Waals surface area contributed by atoms with Crippen molar-refractivity contribution in [2.45, 2.75) is 70.2 Å². The molecule has 0 aliphatic carbocycles. The minimum Gasteiger partial charge on any atom is -0.318 e. The molecule has 1 aliphatic heterocycles. The van der Waals surface area contributed by atoms with Crippen LogP contribution in [0.5, 0.6) is 0 Å². The molecule has 1 saturated heterocycles. The van der Waals surface area contributed by atoms with E-state index in [4.69, 9.17) is 0 Å². The van der Waals surface area contributed by atoms with Gasteiger partial charge in [0.05, 0.1) is 17.6 Å². The molecule has 0 bridgehead atoms. The Morgan fingerprint density at radius 1 is 1.18 bits per heavy atom. The Labute approximate surface area is 167 Å². The quantitative estimate of drug-likeness (QED) is 0.653. The van der Waals surface area contributed by atoms with Crippen LogP contribution < -0.4 is 0 Å². The fourth-order valence-electron chi connectivity index (χ4n) is 3.90. The second kappa shape index (κ2) is 9.18. The maximum atomic E-state index is 13.3. The van der Waals surface area contributed by atoms with Gasteiger partial charge in [-0.15, -0.1) is 0 Å². The highest BCUT2D eigenvalue weighted by molar-refractivity contribution is 7.91. The summed E-state index contributed by atoms with van der Waals surface area (Å²) in [7, 11) is -3.36. The predicted molar refractivity (Wildman–Crippen MR) is 108 cm³/mol. The van der Waals surface area contributed by atoms with Crippen molar-refractivity contribution in [2.75, 3.05) is 12.3 Å². The number of piperidine rings is 1. The van der Waals surface area contributed by atoms with E-state index in [0.717, 1.165) is 49.9 Å². The van der Waals surface area contributed by atoms with Crippen molar-refractivity contribution in [2.24, 2.45) is 0 Å². The molecule has 1 atom stereocenters. The number of hydrogen-bond donors (Lipinski definition) is 0. The summed E-state index contributed by atoms with van der Waals surface area (Å²) in [6.45, 7) is 6.01. The number of unbranched alkanes of at least 4 members (excludes halogenated alkanes) is 1. The zero-order chi connectivity index (χ0) is 20.1. The summed E-state index contributed by atoms with van der Waals surface area (Å²) < 4.78 is 40.2. The molecule has 7 heteroatoms. The molecule has 1 aliphatic rings. The van der Waals surface area contributed by atoms with Crippen molar-refractivity contribution < 1.29 is 12.8 Å². The first-order valence-electron chi connectivity index (χ1n) is 10.2. The van der Waals surface area contributed by atoms with Crippen LogP contribution >= 0.6 is 0 Å². The Morgan fingerprint density at radius 2 is 1.93 bits per heavy atom. The number of nitrogens with zero attached hydrogens (tertiary/aromatic N) is 3. The zero-order valence-corrected chi connectivity index (χ0v) is 17.6. The standard InChI is InChI=1S/C21H30FN3O2S/c1-3-5-14-25-19(15-23-21(25)28(26,27)4-2)16-24-13-7-6-8-20(24)17-9-11-18(22)12-10-17/h9-12,15,20H,3-8,13-14,16H2,1-2H3/t20-/m0/s1. The average Bonchev–Trinajstić information content (AvgIpc) is 3.11. The molecule has 0 saturated carbocycles. The van der Waals surface area contributed by atoms with Gasteiger partial charge in [0, 0.05) is 19.1 Å². The molecule has 28 heavy (non-hydrogen) atoms. The number of sulfone groups is 1. The molecule has 2 aromatic rings. The average molecular weight is 408 g/mol. The summed E-state index contributed by atoms with van der Waals surface area (Å²) in [6.07, 6.45) is 6.90. The van der Waals surface area contributed by atoms with Crippen LogP contribution in [-0.4, -0.2) is 35.2 Å². The number of likely N-dealkylation sites (tertiary alicyclic amines) is 1. The first-order chi connectivity index (χ1) is 13.5. The zero-order valence-electron chi connectivity index (χ0n) is 16.8. The van der Waals surface area contributed by atoms with Gasteiger partial charge >= 0.3 is 0 Å². The van der Waals surface area contributed by atoms with Crippen LogP contribution in [0.4, 0.5) is 4.39 Å². The largest absolute Gasteiger partial charge is 0.318 e. The highest BCUT2D eigenvalue weighted by atomic mass is 32.2. The second-order valence-electron chi connectivity index (χ2n) is 7.47. The number of halogens is 1. The molecule has 1 aromatic heterocycles. The van der Waals surface area contributed by atoms with Crippen LogP contribution in [0.15, 0.2) is 35.6 Å². The smallest absolute Gasteiger partial charge is 0.227 e. The molecule has 154 valence electrons. The Hall–Kier alpha value is -1.73. The van der Waals surface area contributed by atoms with Gasteiger partial charge in [-0.3, -0.25) is 4.90 Å². The maximum absolute atomic E-state index is 13.3. The van der Waals surface area contributed by atoms with Gasteiger partial charge in [0.1, 0.15) is 5.82 Å². The van der Waals surface area contributed by atoms with Crippen molar-refractivity contribution in [3.05, 3.63) is 47.5 Å². The lowest BCUT2D eigenvalue weighted by atomic mass is 9.95. The molecule has 0 radical (unpaired) electrons. The highest BCUT2D eigenvalue weighted by Crippen LogP contribution is 2.32. The molecule has 3 rings (SSSR count). The lowest BCUT2D eigenvalue weighted by Gasteiger charge is -2.36. The lowest BCUT2D eigenvalue weighted by molar-refractivity contribution is 0.136. The predicted octanol–water partition coefficient (Wildman–Crippen LogP) is 4.34. The minimum atomic E-state index is -3.36. The summed E-state index contributed by atoms with van der Waals surface area (Å²) in [6, 6.07) is 6.97. The fraction of sp³-hybridized carbons (Fsp3) is 0.571. The third-order valence-electron chi connectivity index (χ3n) is 5.53. The second-order valence-corrected chi connectivity index (χ2v) is 9.65. The molecular weight excluding hydrogens is 377 g/mol. The van der Waals surface area contributed by atoms with Gasteiger partial charge in [0.25, 0.3) is 0 Å². The maximum Gasteiger partial charge on any atom is 0.227 e. The molecule has 0 spiro atoms. The van der Waals surface area contributed by atoms with Crippen LogP contribution in [0.25, 0.3) is 0 Å². The van der Waals surface area contributed by atoms with E-state index in [1.807, 2.05) is 16.7 Å². The SMILES string of the molecule is CCCCn1c(CN2CCCC[C@H]2c2ccc(F)cc2)cnc1S(=O)(=O)CC. The number of aromatic nitrogens is 2. The molecule has 0 amide bonds. The number of benzene rings is 1. The number of imidazole rings is 1. The van der Waals surface area contributed by atoms with Gasteiger partial charge in [-0.1, -0.05) is 38.8 Å². The van der Waals surface area contributed by atoms with Crippen molar-refractivity contribution >= 4 is 9.84 Å². The van der Waals surface area contributed by atoms with Crippen molar-refractivity contribution in [1.82, 2.24) is 14.5 Å². The van der Waals surface area contributed by atoms with Crippen LogP contribution in [-0.2, 0) is 22.9 Å². The molecule has 1 aromatic carbocycles. The van der Waals surface area contributed by atoms with Crippen LogP contribution in [0.1, 0.15) is 63.3 Å². The monoisotopic (exact) mass is 407 g/mol.